The van der Waals surface area contributed by atoms with E-state index in [9.17, 15) is 19.2 Å². The van der Waals surface area contributed by atoms with Gasteiger partial charge in [-0.2, -0.15) is 0 Å². The van der Waals surface area contributed by atoms with Gasteiger partial charge in [0.1, 0.15) is 12.1 Å². The van der Waals surface area contributed by atoms with Gasteiger partial charge in [0.25, 0.3) is 11.8 Å². The van der Waals surface area contributed by atoms with Crippen molar-refractivity contribution >= 4 is 23.8 Å². The monoisotopic (exact) mass is 526 g/mol. The van der Waals surface area contributed by atoms with Crippen LogP contribution in [-0.2, 0) is 19.1 Å². The topological polar surface area (TPSA) is 117 Å². The first-order chi connectivity index (χ1) is 18.4. The number of carbonyl (C=O) groups is 4. The van der Waals surface area contributed by atoms with Crippen LogP contribution < -0.4 is 10.6 Å². The van der Waals surface area contributed by atoms with E-state index < -0.39 is 24.0 Å². The molecule has 0 spiro atoms. The van der Waals surface area contributed by atoms with E-state index in [4.69, 9.17) is 9.47 Å². The van der Waals surface area contributed by atoms with Gasteiger partial charge < -0.3 is 29.9 Å². The Morgan fingerprint density at radius 1 is 0.684 bits per heavy atom. The number of hydrogen-bond donors (Lipinski definition) is 2. The van der Waals surface area contributed by atoms with E-state index in [-0.39, 0.29) is 23.7 Å². The Morgan fingerprint density at radius 2 is 1.03 bits per heavy atom. The number of nitrogens with one attached hydrogen (secondary N) is 2. The molecule has 6 heterocycles. The van der Waals surface area contributed by atoms with Gasteiger partial charge in [-0.1, -0.05) is 0 Å². The van der Waals surface area contributed by atoms with Crippen molar-refractivity contribution < 1.29 is 28.7 Å². The summed E-state index contributed by atoms with van der Waals surface area (Å²) in [5, 5.41) is 5.79. The smallest absolute Gasteiger partial charge is 0.328 e. The Morgan fingerprint density at radius 3 is 1.29 bits per heavy atom. The van der Waals surface area contributed by atoms with Crippen LogP contribution in [0, 0.1) is 23.7 Å². The van der Waals surface area contributed by atoms with Gasteiger partial charge in [-0.15, -0.1) is 0 Å². The molecule has 4 bridgehead atoms. The van der Waals surface area contributed by atoms with Gasteiger partial charge in [-0.25, -0.2) is 9.59 Å². The van der Waals surface area contributed by atoms with E-state index in [2.05, 4.69) is 20.4 Å². The molecular weight excluding hydrogens is 488 g/mol. The van der Waals surface area contributed by atoms with E-state index in [0.717, 1.165) is 65.0 Å². The van der Waals surface area contributed by atoms with Crippen LogP contribution in [0.25, 0.3) is 0 Å². The number of benzene rings is 1. The minimum Gasteiger partial charge on any atom is -0.467 e. The fraction of sp³-hybridized carbons (Fsp3) is 0.643. The average Bonchev–Trinajstić information content (AvgIpc) is 2.98. The van der Waals surface area contributed by atoms with Crippen molar-refractivity contribution in [1.82, 2.24) is 20.4 Å². The molecule has 2 unspecified atom stereocenters. The van der Waals surface area contributed by atoms with Gasteiger partial charge >= 0.3 is 11.9 Å². The highest BCUT2D eigenvalue weighted by Crippen LogP contribution is 2.36. The number of amides is 2. The second kappa shape index (κ2) is 11.4. The van der Waals surface area contributed by atoms with Gasteiger partial charge in [0.2, 0.25) is 0 Å². The molecule has 4 atom stereocenters. The highest BCUT2D eigenvalue weighted by molar-refractivity contribution is 6.00. The lowest BCUT2D eigenvalue weighted by Crippen LogP contribution is -2.58. The summed E-state index contributed by atoms with van der Waals surface area (Å²) in [6.45, 7) is 5.66. The zero-order valence-corrected chi connectivity index (χ0v) is 22.2. The standard InChI is InChI=1S/C28H38N4O6/c1-37-27(35)23(21-15-31-11-7-17(21)8-12-31)29-25(33)19-3-5-20(6-4-19)26(34)30-24(28(36)38-2)22-16-32-13-9-18(22)10-14-32/h3-6,17-18,21-24H,7-16H2,1-2H3,(H,29,33)(H,30,34)/t21?,22?,23-,24-/m1/s1. The van der Waals surface area contributed by atoms with Gasteiger partial charge in [-0.05, 0) is 88.0 Å². The van der Waals surface area contributed by atoms with Crippen molar-refractivity contribution in [2.45, 2.75) is 37.8 Å². The second-order valence-electron chi connectivity index (χ2n) is 11.1. The minimum absolute atomic E-state index is 0.0144. The van der Waals surface area contributed by atoms with E-state index in [1.807, 2.05) is 0 Å². The first-order valence-electron chi connectivity index (χ1n) is 13.7. The number of nitrogens with zero attached hydrogens (tertiary/aromatic N) is 2. The SMILES string of the molecule is COC(=O)[C@H](NC(=O)c1ccc(C(=O)N[C@@H](C(=O)OC)C2CN3CCC2CC3)cc1)C1CN2CCC1CC2. The molecule has 1 aromatic rings. The van der Waals surface area contributed by atoms with Gasteiger partial charge in [-0.3, -0.25) is 9.59 Å². The van der Waals surface area contributed by atoms with Crippen LogP contribution in [0.15, 0.2) is 24.3 Å². The number of esters is 2. The molecule has 10 heteroatoms. The van der Waals surface area contributed by atoms with Crippen LogP contribution in [0.5, 0.6) is 0 Å². The Labute approximate surface area is 223 Å². The number of carbonyl (C=O) groups excluding carboxylic acids is 4. The number of hydrogen-bond acceptors (Lipinski definition) is 8. The number of methoxy groups -OCH3 is 2. The number of ether oxygens (including phenoxy) is 2. The molecule has 2 amide bonds. The third-order valence-corrected chi connectivity index (χ3v) is 9.16. The fourth-order valence-electron chi connectivity index (χ4n) is 6.93. The lowest BCUT2D eigenvalue weighted by Gasteiger charge is -2.47. The van der Waals surface area contributed by atoms with Crippen LogP contribution >= 0.6 is 0 Å². The highest BCUT2D eigenvalue weighted by Gasteiger charge is 2.44. The van der Waals surface area contributed by atoms with E-state index in [0.29, 0.717) is 23.0 Å². The Bertz CT molecular complexity index is 963. The summed E-state index contributed by atoms with van der Waals surface area (Å²) < 4.78 is 10.1. The van der Waals surface area contributed by atoms with E-state index in [1.54, 1.807) is 24.3 Å². The van der Waals surface area contributed by atoms with E-state index >= 15 is 0 Å². The molecule has 7 rings (SSSR count). The molecule has 0 aliphatic carbocycles. The number of piperidine rings is 6. The zero-order valence-electron chi connectivity index (χ0n) is 22.2. The highest BCUT2D eigenvalue weighted by atomic mass is 16.5. The van der Waals surface area contributed by atoms with Crippen molar-refractivity contribution in [3.05, 3.63) is 35.4 Å². The Hall–Kier alpha value is -2.98. The predicted molar refractivity (Wildman–Crippen MR) is 138 cm³/mol. The van der Waals surface area contributed by atoms with Gasteiger partial charge in [0.15, 0.2) is 0 Å². The Kier molecular flexibility index (Phi) is 7.99. The first kappa shape index (κ1) is 26.6. The van der Waals surface area contributed by atoms with Crippen molar-refractivity contribution in [2.24, 2.45) is 23.7 Å². The van der Waals surface area contributed by atoms with Crippen molar-refractivity contribution in [2.75, 3.05) is 53.5 Å². The molecule has 0 radical (unpaired) electrons. The summed E-state index contributed by atoms with van der Waals surface area (Å²) in [6.07, 6.45) is 4.07. The summed E-state index contributed by atoms with van der Waals surface area (Å²) in [7, 11) is 2.68. The van der Waals surface area contributed by atoms with E-state index in [1.165, 1.54) is 14.2 Å². The molecule has 206 valence electrons. The maximum Gasteiger partial charge on any atom is 0.328 e. The molecular formula is C28H38N4O6. The maximum absolute atomic E-state index is 13.1. The van der Waals surface area contributed by atoms with Crippen molar-refractivity contribution in [1.29, 1.82) is 0 Å². The third kappa shape index (κ3) is 5.42. The number of rotatable bonds is 8. The van der Waals surface area contributed by atoms with Crippen LogP contribution in [-0.4, -0.2) is 99.1 Å². The van der Waals surface area contributed by atoms with Crippen LogP contribution in [0.1, 0.15) is 46.4 Å². The lowest BCUT2D eigenvalue weighted by atomic mass is 9.75. The second-order valence-corrected chi connectivity index (χ2v) is 11.1. The molecule has 0 aromatic heterocycles. The summed E-state index contributed by atoms with van der Waals surface area (Å²) in [5.41, 5.74) is 0.692. The minimum atomic E-state index is -0.717. The normalized spacial score (nSPS) is 31.1. The zero-order chi connectivity index (χ0) is 26.8. The molecule has 6 saturated heterocycles. The Balaban J connectivity index is 1.24. The molecule has 6 fully saturated rings. The average molecular weight is 527 g/mol. The molecule has 6 aliphatic heterocycles. The van der Waals surface area contributed by atoms with Gasteiger partial charge in [0, 0.05) is 36.1 Å². The molecule has 6 aliphatic rings. The largest absolute Gasteiger partial charge is 0.467 e. The number of fused-ring (bicyclic) bond motifs is 6. The summed E-state index contributed by atoms with van der Waals surface area (Å²) in [6, 6.07) is 4.83. The van der Waals surface area contributed by atoms with Crippen LogP contribution in [0.3, 0.4) is 0 Å². The molecule has 10 nitrogen and oxygen atoms in total. The van der Waals surface area contributed by atoms with Crippen molar-refractivity contribution in [3.63, 3.8) is 0 Å². The lowest BCUT2D eigenvalue weighted by molar-refractivity contribution is -0.147. The molecule has 1 aromatic carbocycles. The van der Waals surface area contributed by atoms with Crippen LogP contribution in [0.2, 0.25) is 0 Å². The summed E-state index contributed by atoms with van der Waals surface area (Å²) in [5.74, 6) is -0.846. The third-order valence-electron chi connectivity index (χ3n) is 9.16. The quantitative estimate of drug-likeness (QED) is 0.480. The summed E-state index contributed by atoms with van der Waals surface area (Å²) >= 11 is 0. The molecule has 2 N–H and O–H groups in total. The maximum atomic E-state index is 13.1. The molecule has 0 saturated carbocycles. The molecule has 38 heavy (non-hydrogen) atoms. The van der Waals surface area contributed by atoms with Crippen LogP contribution in [0.4, 0.5) is 0 Å². The fourth-order valence-corrected chi connectivity index (χ4v) is 6.93. The first-order valence-corrected chi connectivity index (χ1v) is 13.7. The summed E-state index contributed by atoms with van der Waals surface area (Å²) in [4.78, 5) is 56.1. The van der Waals surface area contributed by atoms with Gasteiger partial charge in [0.05, 0.1) is 14.2 Å². The predicted octanol–water partition coefficient (Wildman–Crippen LogP) is 0.913. The van der Waals surface area contributed by atoms with Crippen molar-refractivity contribution in [3.8, 4) is 0 Å².